The third-order valence-corrected chi connectivity index (χ3v) is 4.62. The summed E-state index contributed by atoms with van der Waals surface area (Å²) in [5, 5.41) is 6.35. The van der Waals surface area contributed by atoms with E-state index in [9.17, 15) is 13.6 Å². The Bertz CT molecular complexity index is 1280. The quantitative estimate of drug-likeness (QED) is 0.523. The van der Waals surface area contributed by atoms with E-state index in [-0.39, 0.29) is 24.9 Å². The number of carbonyl (C=O) groups is 1. The number of nitrogens with one attached hydrogen (secondary N) is 1. The van der Waals surface area contributed by atoms with Gasteiger partial charge in [0.1, 0.15) is 23.9 Å². The third-order valence-electron chi connectivity index (χ3n) is 4.62. The number of amides is 1. The highest BCUT2D eigenvalue weighted by Gasteiger charge is 2.19. The summed E-state index contributed by atoms with van der Waals surface area (Å²) < 4.78 is 44.6. The van der Waals surface area contributed by atoms with Crippen molar-refractivity contribution in [3.8, 4) is 34.5 Å². The second kappa shape index (κ2) is 7.56. The number of halogens is 2. The van der Waals surface area contributed by atoms with Gasteiger partial charge >= 0.3 is 0 Å². The highest BCUT2D eigenvalue weighted by molar-refractivity contribution is 5.91. The van der Waals surface area contributed by atoms with Gasteiger partial charge in [-0.05, 0) is 42.5 Å². The van der Waals surface area contributed by atoms with Gasteiger partial charge in [-0.25, -0.2) is 8.78 Å². The van der Waals surface area contributed by atoms with E-state index in [4.69, 9.17) is 14.0 Å². The second-order valence-electron chi connectivity index (χ2n) is 6.68. The first-order chi connectivity index (χ1) is 15.1. The van der Waals surface area contributed by atoms with Crippen molar-refractivity contribution < 1.29 is 27.6 Å². The highest BCUT2D eigenvalue weighted by atomic mass is 19.1. The van der Waals surface area contributed by atoms with Crippen molar-refractivity contribution in [3.63, 3.8) is 0 Å². The number of fused-ring (bicyclic) bond motifs is 1. The molecule has 10 heteroatoms. The largest absolute Gasteiger partial charge is 0.454 e. The Morgan fingerprint density at radius 3 is 2.87 bits per heavy atom. The molecule has 0 saturated heterocycles. The van der Waals surface area contributed by atoms with Crippen LogP contribution >= 0.6 is 0 Å². The van der Waals surface area contributed by atoms with Gasteiger partial charge in [0.2, 0.25) is 18.5 Å². The molecule has 1 aliphatic heterocycles. The Kier molecular flexibility index (Phi) is 4.58. The molecule has 0 fully saturated rings. The number of rotatable bonds is 5. The van der Waals surface area contributed by atoms with Crippen LogP contribution in [0.15, 0.2) is 59.3 Å². The molecular weight excluding hydrogens is 410 g/mol. The fourth-order valence-electron chi connectivity index (χ4n) is 3.16. The zero-order chi connectivity index (χ0) is 21.4. The number of aromatic nitrogens is 3. The predicted octanol–water partition coefficient (Wildman–Crippen LogP) is 3.85. The molecule has 0 saturated carbocycles. The molecule has 0 aliphatic carbocycles. The van der Waals surface area contributed by atoms with E-state index in [1.54, 1.807) is 41.1 Å². The molecular formula is C21H14F2N4O4. The molecule has 0 radical (unpaired) electrons. The molecule has 1 aliphatic rings. The van der Waals surface area contributed by atoms with E-state index < -0.39 is 17.5 Å². The Labute approximate surface area is 174 Å². The maximum Gasteiger partial charge on any atom is 0.274 e. The standard InChI is InChI=1S/C21H14F2N4O4/c22-13-4-5-14(23)15(9-13)24-19(28)10-27-7-1-2-16(27)21-25-20(26-31-21)12-3-6-17-18(8-12)30-11-29-17/h1-9H,10-11H2,(H,24,28). The molecule has 0 spiro atoms. The van der Waals surface area contributed by atoms with Crippen LogP contribution in [0.25, 0.3) is 23.0 Å². The highest BCUT2D eigenvalue weighted by Crippen LogP contribution is 2.35. The van der Waals surface area contributed by atoms with Crippen molar-refractivity contribution in [2.24, 2.45) is 0 Å². The van der Waals surface area contributed by atoms with Gasteiger partial charge in [-0.1, -0.05) is 5.16 Å². The maximum absolute atomic E-state index is 13.8. The Balaban J connectivity index is 1.35. The lowest BCUT2D eigenvalue weighted by molar-refractivity contribution is -0.116. The summed E-state index contributed by atoms with van der Waals surface area (Å²) in [6, 6.07) is 11.5. The number of ether oxygens (including phenoxy) is 2. The first-order valence-corrected chi connectivity index (χ1v) is 9.21. The fraction of sp³-hybridized carbons (Fsp3) is 0.0952. The molecule has 0 bridgehead atoms. The average Bonchev–Trinajstić information content (AvgIpc) is 3.49. The Morgan fingerprint density at radius 2 is 1.97 bits per heavy atom. The van der Waals surface area contributed by atoms with Gasteiger partial charge in [0, 0.05) is 17.8 Å². The van der Waals surface area contributed by atoms with E-state index in [0.717, 1.165) is 18.2 Å². The van der Waals surface area contributed by atoms with Gasteiger partial charge in [0.25, 0.3) is 5.89 Å². The van der Waals surface area contributed by atoms with Crippen LogP contribution in [-0.2, 0) is 11.3 Å². The van der Waals surface area contributed by atoms with Gasteiger partial charge in [-0.15, -0.1) is 0 Å². The van der Waals surface area contributed by atoms with Crippen molar-refractivity contribution in [3.05, 3.63) is 66.4 Å². The molecule has 2 aromatic heterocycles. The van der Waals surface area contributed by atoms with Crippen molar-refractivity contribution in [1.29, 1.82) is 0 Å². The number of carbonyl (C=O) groups excluding carboxylic acids is 1. The average molecular weight is 424 g/mol. The van der Waals surface area contributed by atoms with E-state index >= 15 is 0 Å². The molecule has 2 aromatic carbocycles. The minimum atomic E-state index is -0.729. The fourth-order valence-corrected chi connectivity index (χ4v) is 3.16. The number of hydrogen-bond donors (Lipinski definition) is 1. The molecule has 0 unspecified atom stereocenters. The predicted molar refractivity (Wildman–Crippen MR) is 104 cm³/mol. The first-order valence-electron chi connectivity index (χ1n) is 9.21. The molecule has 1 amide bonds. The van der Waals surface area contributed by atoms with Gasteiger partial charge in [0.15, 0.2) is 11.5 Å². The summed E-state index contributed by atoms with van der Waals surface area (Å²) in [6.45, 7) is -0.00853. The van der Waals surface area contributed by atoms with Crippen LogP contribution in [0.1, 0.15) is 0 Å². The third kappa shape index (κ3) is 3.70. The molecule has 0 atom stereocenters. The van der Waals surface area contributed by atoms with Crippen LogP contribution in [-0.4, -0.2) is 27.4 Å². The minimum absolute atomic E-state index is 0.158. The van der Waals surface area contributed by atoms with E-state index in [1.807, 2.05) is 0 Å². The van der Waals surface area contributed by atoms with Crippen LogP contribution in [0.4, 0.5) is 14.5 Å². The summed E-state index contributed by atoms with van der Waals surface area (Å²) in [5.41, 5.74) is 0.938. The van der Waals surface area contributed by atoms with Crippen LogP contribution in [0.3, 0.4) is 0 Å². The van der Waals surface area contributed by atoms with Crippen molar-refractivity contribution >= 4 is 11.6 Å². The van der Waals surface area contributed by atoms with Crippen molar-refractivity contribution in [1.82, 2.24) is 14.7 Å². The molecule has 8 nitrogen and oxygen atoms in total. The summed E-state index contributed by atoms with van der Waals surface area (Å²) in [6.07, 6.45) is 1.64. The lowest BCUT2D eigenvalue weighted by Gasteiger charge is -2.09. The van der Waals surface area contributed by atoms with Crippen LogP contribution < -0.4 is 14.8 Å². The molecule has 5 rings (SSSR count). The molecule has 3 heterocycles. The zero-order valence-electron chi connectivity index (χ0n) is 15.8. The minimum Gasteiger partial charge on any atom is -0.454 e. The SMILES string of the molecule is O=C(Cn1cccc1-c1nc(-c2ccc3c(c2)OCO3)no1)Nc1cc(F)ccc1F. The van der Waals surface area contributed by atoms with Crippen LogP contribution in [0.5, 0.6) is 11.5 Å². The number of benzene rings is 2. The van der Waals surface area contributed by atoms with Gasteiger partial charge in [0.05, 0.1) is 5.69 Å². The number of anilines is 1. The summed E-state index contributed by atoms with van der Waals surface area (Å²) in [4.78, 5) is 16.7. The van der Waals surface area contributed by atoms with E-state index in [1.165, 1.54) is 0 Å². The summed E-state index contributed by atoms with van der Waals surface area (Å²) in [7, 11) is 0. The van der Waals surface area contributed by atoms with E-state index in [2.05, 4.69) is 15.5 Å². The first kappa shape index (κ1) is 18.8. The molecule has 1 N–H and O–H groups in total. The van der Waals surface area contributed by atoms with Crippen molar-refractivity contribution in [2.45, 2.75) is 6.54 Å². The van der Waals surface area contributed by atoms with Crippen molar-refractivity contribution in [2.75, 3.05) is 12.1 Å². The summed E-state index contributed by atoms with van der Waals surface area (Å²) in [5.74, 6) is -0.157. The van der Waals surface area contributed by atoms with Gasteiger partial charge in [-0.2, -0.15) is 4.98 Å². The molecule has 156 valence electrons. The lowest BCUT2D eigenvalue weighted by atomic mass is 10.2. The summed E-state index contributed by atoms with van der Waals surface area (Å²) >= 11 is 0. The Hall–Kier alpha value is -4.21. The van der Waals surface area contributed by atoms with Crippen LogP contribution in [0, 0.1) is 11.6 Å². The Morgan fingerprint density at radius 1 is 1.10 bits per heavy atom. The molecule has 31 heavy (non-hydrogen) atoms. The molecule has 4 aromatic rings. The van der Waals surface area contributed by atoms with E-state index in [0.29, 0.717) is 28.6 Å². The monoisotopic (exact) mass is 424 g/mol. The zero-order valence-corrected chi connectivity index (χ0v) is 15.8. The second-order valence-corrected chi connectivity index (χ2v) is 6.68. The topological polar surface area (TPSA) is 91.4 Å². The van der Waals surface area contributed by atoms with Gasteiger partial charge in [-0.3, -0.25) is 4.79 Å². The number of hydrogen-bond acceptors (Lipinski definition) is 6. The maximum atomic E-state index is 13.8. The lowest BCUT2D eigenvalue weighted by Crippen LogP contribution is -2.19. The normalized spacial score (nSPS) is 12.2. The number of nitrogens with zero attached hydrogens (tertiary/aromatic N) is 3. The van der Waals surface area contributed by atoms with Gasteiger partial charge < -0.3 is 23.9 Å². The van der Waals surface area contributed by atoms with Crippen LogP contribution in [0.2, 0.25) is 0 Å². The smallest absolute Gasteiger partial charge is 0.274 e.